The van der Waals surface area contributed by atoms with Gasteiger partial charge in [0.2, 0.25) is 5.91 Å². The first kappa shape index (κ1) is 22.0. The van der Waals surface area contributed by atoms with E-state index in [0.717, 1.165) is 5.56 Å². The third-order valence-corrected chi connectivity index (χ3v) is 5.60. The molecule has 0 radical (unpaired) electrons. The number of amides is 2. The van der Waals surface area contributed by atoms with Gasteiger partial charge < -0.3 is 19.3 Å². The number of aryl methyl sites for hydroxylation is 1. The standard InChI is InChI=1S/C23H28N2O4S/c1-3-29-19-10-8-17(16-20(19)28-2)9-11-22(26)24-12-14-25(15-13-24)23(27)18-6-4-5-7-21(18)30/h4-8,10,16,30H,3,9,11-15H2,1-2H3. The molecule has 1 aliphatic heterocycles. The van der Waals surface area contributed by atoms with Gasteiger partial charge in [-0.1, -0.05) is 18.2 Å². The van der Waals surface area contributed by atoms with Crippen molar-refractivity contribution < 1.29 is 19.1 Å². The summed E-state index contributed by atoms with van der Waals surface area (Å²) in [7, 11) is 1.61. The number of carbonyl (C=O) groups is 2. The highest BCUT2D eigenvalue weighted by molar-refractivity contribution is 7.80. The van der Waals surface area contributed by atoms with Crippen LogP contribution < -0.4 is 9.47 Å². The van der Waals surface area contributed by atoms with Gasteiger partial charge in [-0.3, -0.25) is 9.59 Å². The van der Waals surface area contributed by atoms with Crippen LogP contribution in [0, 0.1) is 0 Å². The summed E-state index contributed by atoms with van der Waals surface area (Å²) in [6.07, 6.45) is 1.05. The lowest BCUT2D eigenvalue weighted by Gasteiger charge is -2.35. The van der Waals surface area contributed by atoms with E-state index in [-0.39, 0.29) is 11.8 Å². The normalized spacial score (nSPS) is 13.8. The predicted octanol–water partition coefficient (Wildman–Crippen LogP) is 3.30. The Morgan fingerprint density at radius 1 is 1.00 bits per heavy atom. The molecule has 7 heteroatoms. The molecule has 0 N–H and O–H groups in total. The Morgan fingerprint density at radius 3 is 2.37 bits per heavy atom. The maximum Gasteiger partial charge on any atom is 0.255 e. The number of carbonyl (C=O) groups excluding carboxylic acids is 2. The van der Waals surface area contributed by atoms with Crippen LogP contribution in [-0.2, 0) is 11.2 Å². The van der Waals surface area contributed by atoms with Gasteiger partial charge in [0, 0.05) is 37.5 Å². The topological polar surface area (TPSA) is 59.1 Å². The van der Waals surface area contributed by atoms with Gasteiger partial charge in [0.15, 0.2) is 11.5 Å². The second-order valence-electron chi connectivity index (χ2n) is 7.11. The molecule has 0 unspecified atom stereocenters. The van der Waals surface area contributed by atoms with Crippen LogP contribution >= 0.6 is 12.6 Å². The minimum absolute atomic E-state index is 0.0332. The van der Waals surface area contributed by atoms with Gasteiger partial charge in [-0.05, 0) is 43.2 Å². The number of rotatable bonds is 7. The van der Waals surface area contributed by atoms with E-state index in [4.69, 9.17) is 9.47 Å². The van der Waals surface area contributed by atoms with Crippen LogP contribution in [0.2, 0.25) is 0 Å². The molecule has 1 fully saturated rings. The number of hydrogen-bond acceptors (Lipinski definition) is 5. The first-order valence-electron chi connectivity index (χ1n) is 10.2. The molecule has 0 aliphatic carbocycles. The van der Waals surface area contributed by atoms with Gasteiger partial charge in [0.25, 0.3) is 5.91 Å². The van der Waals surface area contributed by atoms with Gasteiger partial charge in [0.1, 0.15) is 0 Å². The number of thiol groups is 1. The highest BCUT2D eigenvalue weighted by atomic mass is 32.1. The number of nitrogens with zero attached hydrogens (tertiary/aromatic N) is 2. The third-order valence-electron chi connectivity index (χ3n) is 5.21. The number of benzene rings is 2. The summed E-state index contributed by atoms with van der Waals surface area (Å²) in [5.74, 6) is 1.45. The van der Waals surface area contributed by atoms with Crippen molar-refractivity contribution in [2.24, 2.45) is 0 Å². The molecule has 1 aliphatic rings. The van der Waals surface area contributed by atoms with Crippen molar-refractivity contribution in [3.05, 3.63) is 53.6 Å². The van der Waals surface area contributed by atoms with E-state index in [1.807, 2.05) is 48.2 Å². The fourth-order valence-corrected chi connectivity index (χ4v) is 3.79. The second kappa shape index (κ2) is 10.4. The van der Waals surface area contributed by atoms with Crippen molar-refractivity contribution >= 4 is 24.4 Å². The van der Waals surface area contributed by atoms with E-state index in [0.29, 0.717) is 67.6 Å². The molecule has 2 amide bonds. The lowest BCUT2D eigenvalue weighted by atomic mass is 10.1. The number of ether oxygens (including phenoxy) is 2. The zero-order chi connectivity index (χ0) is 21.5. The van der Waals surface area contributed by atoms with Gasteiger partial charge in [-0.25, -0.2) is 0 Å². The van der Waals surface area contributed by atoms with Crippen molar-refractivity contribution in [1.82, 2.24) is 9.80 Å². The molecule has 160 valence electrons. The van der Waals surface area contributed by atoms with E-state index in [2.05, 4.69) is 12.6 Å². The molecule has 0 bridgehead atoms. The molecule has 2 aromatic carbocycles. The smallest absolute Gasteiger partial charge is 0.255 e. The highest BCUT2D eigenvalue weighted by Crippen LogP contribution is 2.28. The third kappa shape index (κ3) is 5.27. The number of hydrogen-bond donors (Lipinski definition) is 1. The quantitative estimate of drug-likeness (QED) is 0.688. The van der Waals surface area contributed by atoms with Crippen LogP contribution in [0.5, 0.6) is 11.5 Å². The Labute approximate surface area is 183 Å². The van der Waals surface area contributed by atoms with E-state index in [9.17, 15) is 9.59 Å². The van der Waals surface area contributed by atoms with Crippen LogP contribution in [0.3, 0.4) is 0 Å². The van der Waals surface area contributed by atoms with Crippen LogP contribution in [0.15, 0.2) is 47.4 Å². The maximum atomic E-state index is 12.7. The lowest BCUT2D eigenvalue weighted by Crippen LogP contribution is -2.50. The Hall–Kier alpha value is -2.67. The lowest BCUT2D eigenvalue weighted by molar-refractivity contribution is -0.132. The predicted molar refractivity (Wildman–Crippen MR) is 119 cm³/mol. The Morgan fingerprint density at radius 2 is 1.70 bits per heavy atom. The minimum Gasteiger partial charge on any atom is -0.493 e. The van der Waals surface area contributed by atoms with Gasteiger partial charge >= 0.3 is 0 Å². The molecule has 1 heterocycles. The summed E-state index contributed by atoms with van der Waals surface area (Å²) in [6.45, 7) is 4.66. The molecule has 0 aromatic heterocycles. The SMILES string of the molecule is CCOc1ccc(CCC(=O)N2CCN(C(=O)c3ccccc3S)CC2)cc1OC. The average Bonchev–Trinajstić information content (AvgIpc) is 2.78. The van der Waals surface area contributed by atoms with Crippen molar-refractivity contribution in [1.29, 1.82) is 0 Å². The summed E-state index contributed by atoms with van der Waals surface area (Å²) in [4.78, 5) is 29.6. The second-order valence-corrected chi connectivity index (χ2v) is 7.59. The van der Waals surface area contributed by atoms with Gasteiger partial charge in [-0.15, -0.1) is 12.6 Å². The van der Waals surface area contributed by atoms with E-state index < -0.39 is 0 Å². The summed E-state index contributed by atoms with van der Waals surface area (Å²) in [5, 5.41) is 0. The van der Waals surface area contributed by atoms with E-state index >= 15 is 0 Å². The van der Waals surface area contributed by atoms with Crippen LogP contribution in [0.1, 0.15) is 29.3 Å². The van der Waals surface area contributed by atoms with Crippen LogP contribution in [-0.4, -0.2) is 61.5 Å². The largest absolute Gasteiger partial charge is 0.493 e. The first-order chi connectivity index (χ1) is 14.5. The Kier molecular flexibility index (Phi) is 7.63. The van der Waals surface area contributed by atoms with Crippen molar-refractivity contribution in [2.75, 3.05) is 39.9 Å². The first-order valence-corrected chi connectivity index (χ1v) is 10.6. The average molecular weight is 429 g/mol. The summed E-state index contributed by atoms with van der Waals surface area (Å²) >= 11 is 4.37. The fourth-order valence-electron chi connectivity index (χ4n) is 3.54. The molecular weight excluding hydrogens is 400 g/mol. The van der Waals surface area contributed by atoms with E-state index in [1.54, 1.807) is 18.1 Å². The zero-order valence-electron chi connectivity index (χ0n) is 17.5. The molecule has 2 aromatic rings. The molecule has 3 rings (SSSR count). The summed E-state index contributed by atoms with van der Waals surface area (Å²) < 4.78 is 10.9. The minimum atomic E-state index is -0.0332. The number of piperazine rings is 1. The van der Waals surface area contributed by atoms with Gasteiger partial charge in [0.05, 0.1) is 19.3 Å². The summed E-state index contributed by atoms with van der Waals surface area (Å²) in [6, 6.07) is 13.1. The summed E-state index contributed by atoms with van der Waals surface area (Å²) in [5.41, 5.74) is 1.63. The Balaban J connectivity index is 1.51. The number of methoxy groups -OCH3 is 1. The van der Waals surface area contributed by atoms with Crippen LogP contribution in [0.25, 0.3) is 0 Å². The van der Waals surface area contributed by atoms with Crippen molar-refractivity contribution in [3.8, 4) is 11.5 Å². The molecule has 6 nitrogen and oxygen atoms in total. The molecule has 30 heavy (non-hydrogen) atoms. The van der Waals surface area contributed by atoms with Gasteiger partial charge in [-0.2, -0.15) is 0 Å². The van der Waals surface area contributed by atoms with Crippen molar-refractivity contribution in [3.63, 3.8) is 0 Å². The molecule has 0 spiro atoms. The van der Waals surface area contributed by atoms with E-state index in [1.165, 1.54) is 0 Å². The Bertz CT molecular complexity index is 895. The molecular formula is C23H28N2O4S. The molecule has 0 atom stereocenters. The molecule has 1 saturated heterocycles. The fraction of sp³-hybridized carbons (Fsp3) is 0.391. The zero-order valence-corrected chi connectivity index (χ0v) is 18.4. The maximum absolute atomic E-state index is 12.7. The molecule has 0 saturated carbocycles. The highest BCUT2D eigenvalue weighted by Gasteiger charge is 2.25. The van der Waals surface area contributed by atoms with Crippen LogP contribution in [0.4, 0.5) is 0 Å². The van der Waals surface area contributed by atoms with Crippen molar-refractivity contribution in [2.45, 2.75) is 24.7 Å². The monoisotopic (exact) mass is 428 g/mol.